The van der Waals surface area contributed by atoms with E-state index >= 15 is 0 Å². The van der Waals surface area contributed by atoms with E-state index < -0.39 is 34.6 Å². The number of phenolic OH excluding ortho intramolecular Hbond substituents is 3. The zero-order chi connectivity index (χ0) is 32.1. The van der Waals surface area contributed by atoms with Gasteiger partial charge in [-0.2, -0.15) is 0 Å². The van der Waals surface area contributed by atoms with E-state index in [0.29, 0.717) is 23.3 Å². The Kier molecular flexibility index (Phi) is 9.13. The quantitative estimate of drug-likeness (QED) is 0.122. The molecule has 45 heavy (non-hydrogen) atoms. The summed E-state index contributed by atoms with van der Waals surface area (Å²) >= 11 is 0. The maximum absolute atomic E-state index is 13.4. The van der Waals surface area contributed by atoms with E-state index in [0.717, 1.165) is 11.3 Å². The summed E-state index contributed by atoms with van der Waals surface area (Å²) in [6.07, 6.45) is 0.164. The molecule has 0 fully saturated rings. The second-order valence-electron chi connectivity index (χ2n) is 10.2. The van der Waals surface area contributed by atoms with Crippen LogP contribution in [0.25, 0.3) is 22.3 Å². The second kappa shape index (κ2) is 13.3. The third-order valence-electron chi connectivity index (χ3n) is 7.54. The fourth-order valence-corrected chi connectivity index (χ4v) is 5.24. The monoisotopic (exact) mass is 612 g/mol. The molecule has 0 aliphatic rings. The molecule has 0 saturated heterocycles. The van der Waals surface area contributed by atoms with Crippen LogP contribution in [0.4, 0.5) is 0 Å². The lowest BCUT2D eigenvalue weighted by atomic mass is 9.85. The Labute approximate surface area is 258 Å². The van der Waals surface area contributed by atoms with Crippen LogP contribution in [-0.2, 0) is 16.0 Å². The Balaban J connectivity index is 1.69. The van der Waals surface area contributed by atoms with Crippen molar-refractivity contribution >= 4 is 16.9 Å². The van der Waals surface area contributed by atoms with Gasteiger partial charge in [0, 0.05) is 35.1 Å². The standard InChI is InChI=1S/C35H32O10/c1-41-22-14-12-20(13-15-22)16-17-44-34-23(10-7-11-26(34)42-2)24(18-28(37)43-3)29-31(38)33(40)32(39)30-25(36)19-27(45-35(29)30)21-8-5-4-6-9-21/h4-15,19,24,38-40H,16-18H2,1-3H3/t24-/m0/s1. The van der Waals surface area contributed by atoms with Crippen LogP contribution in [0.15, 0.2) is 88.1 Å². The first-order valence-electron chi connectivity index (χ1n) is 14.1. The second-order valence-corrected chi connectivity index (χ2v) is 10.2. The Morgan fingerprint density at radius 2 is 1.58 bits per heavy atom. The van der Waals surface area contributed by atoms with Gasteiger partial charge in [0.05, 0.1) is 34.4 Å². The molecule has 0 aliphatic heterocycles. The van der Waals surface area contributed by atoms with Crippen LogP contribution in [-0.4, -0.2) is 49.2 Å². The van der Waals surface area contributed by atoms with Gasteiger partial charge in [-0.15, -0.1) is 0 Å². The molecule has 1 heterocycles. The number of methoxy groups -OCH3 is 3. The Bertz CT molecular complexity index is 1880. The third kappa shape index (κ3) is 6.21. The summed E-state index contributed by atoms with van der Waals surface area (Å²) in [6.45, 7) is 0.214. The van der Waals surface area contributed by atoms with E-state index in [2.05, 4.69) is 0 Å². The number of para-hydroxylation sites is 1. The van der Waals surface area contributed by atoms with Gasteiger partial charge in [-0.05, 0) is 23.8 Å². The van der Waals surface area contributed by atoms with Crippen LogP contribution in [0.2, 0.25) is 0 Å². The Morgan fingerprint density at radius 1 is 0.844 bits per heavy atom. The Morgan fingerprint density at radius 3 is 2.24 bits per heavy atom. The number of ether oxygens (including phenoxy) is 4. The molecule has 0 unspecified atom stereocenters. The highest BCUT2D eigenvalue weighted by Gasteiger charge is 2.33. The minimum Gasteiger partial charge on any atom is -0.504 e. The van der Waals surface area contributed by atoms with Gasteiger partial charge >= 0.3 is 5.97 Å². The number of carbonyl (C=O) groups excluding carboxylic acids is 1. The average molecular weight is 613 g/mol. The highest BCUT2D eigenvalue weighted by Crippen LogP contribution is 2.51. The van der Waals surface area contributed by atoms with Crippen LogP contribution >= 0.6 is 0 Å². The first kappa shape index (κ1) is 30.8. The van der Waals surface area contributed by atoms with Crippen molar-refractivity contribution in [1.82, 2.24) is 0 Å². The van der Waals surface area contributed by atoms with Crippen LogP contribution in [0.3, 0.4) is 0 Å². The summed E-state index contributed by atoms with van der Waals surface area (Å²) in [5.74, 6) is -2.81. The van der Waals surface area contributed by atoms with Crippen molar-refractivity contribution in [2.75, 3.05) is 27.9 Å². The van der Waals surface area contributed by atoms with Crippen molar-refractivity contribution in [3.63, 3.8) is 0 Å². The lowest BCUT2D eigenvalue weighted by Gasteiger charge is -2.24. The summed E-state index contributed by atoms with van der Waals surface area (Å²) in [5, 5.41) is 32.5. The van der Waals surface area contributed by atoms with Crippen molar-refractivity contribution in [2.45, 2.75) is 18.8 Å². The van der Waals surface area contributed by atoms with Gasteiger partial charge in [0.2, 0.25) is 5.75 Å². The van der Waals surface area contributed by atoms with E-state index in [1.165, 1.54) is 20.3 Å². The minimum absolute atomic E-state index is 0.117. The maximum atomic E-state index is 13.4. The van der Waals surface area contributed by atoms with Gasteiger partial charge in [0.1, 0.15) is 22.5 Å². The molecule has 0 saturated carbocycles. The number of aromatic hydroxyl groups is 3. The molecule has 0 amide bonds. The third-order valence-corrected chi connectivity index (χ3v) is 7.54. The van der Waals surface area contributed by atoms with Crippen molar-refractivity contribution in [2.24, 2.45) is 0 Å². The molecular formula is C35H32O10. The normalized spacial score (nSPS) is 11.6. The van der Waals surface area contributed by atoms with E-state index in [9.17, 15) is 24.9 Å². The molecule has 3 N–H and O–H groups in total. The highest BCUT2D eigenvalue weighted by molar-refractivity contribution is 5.94. The predicted octanol–water partition coefficient (Wildman–Crippen LogP) is 5.91. The van der Waals surface area contributed by atoms with Crippen molar-refractivity contribution in [3.8, 4) is 45.8 Å². The minimum atomic E-state index is -1.09. The van der Waals surface area contributed by atoms with Crippen LogP contribution < -0.4 is 19.6 Å². The van der Waals surface area contributed by atoms with E-state index in [4.69, 9.17) is 23.4 Å². The van der Waals surface area contributed by atoms with Crippen molar-refractivity contribution in [3.05, 3.63) is 106 Å². The topological polar surface area (TPSA) is 145 Å². The number of phenols is 3. The zero-order valence-corrected chi connectivity index (χ0v) is 24.9. The number of rotatable bonds is 11. The molecule has 5 rings (SSSR count). The molecule has 5 aromatic rings. The first-order valence-corrected chi connectivity index (χ1v) is 14.1. The van der Waals surface area contributed by atoms with Crippen LogP contribution in [0, 0.1) is 0 Å². The Hall–Kier alpha value is -5.64. The molecular weight excluding hydrogens is 580 g/mol. The van der Waals surface area contributed by atoms with Gasteiger partial charge in [0.25, 0.3) is 0 Å². The molecule has 10 heteroatoms. The fraction of sp³-hybridized carbons (Fsp3) is 0.200. The molecule has 0 aliphatic carbocycles. The molecule has 4 aromatic carbocycles. The summed E-state index contributed by atoms with van der Waals surface area (Å²) in [4.78, 5) is 26.2. The summed E-state index contributed by atoms with van der Waals surface area (Å²) in [7, 11) is 4.28. The summed E-state index contributed by atoms with van der Waals surface area (Å²) in [5.41, 5.74) is 0.930. The lowest BCUT2D eigenvalue weighted by Crippen LogP contribution is -2.14. The predicted molar refractivity (Wildman–Crippen MR) is 167 cm³/mol. The lowest BCUT2D eigenvalue weighted by molar-refractivity contribution is -0.140. The molecule has 0 radical (unpaired) electrons. The van der Waals surface area contributed by atoms with E-state index in [1.807, 2.05) is 24.3 Å². The first-order chi connectivity index (χ1) is 21.8. The smallest absolute Gasteiger partial charge is 0.306 e. The molecule has 0 spiro atoms. The number of hydrogen-bond acceptors (Lipinski definition) is 10. The largest absolute Gasteiger partial charge is 0.504 e. The number of esters is 1. The zero-order valence-electron chi connectivity index (χ0n) is 24.9. The average Bonchev–Trinajstić information content (AvgIpc) is 3.07. The molecule has 0 bridgehead atoms. The van der Waals surface area contributed by atoms with Crippen LogP contribution in [0.5, 0.6) is 34.5 Å². The maximum Gasteiger partial charge on any atom is 0.306 e. The number of benzene rings is 4. The number of carbonyl (C=O) groups is 1. The fourth-order valence-electron chi connectivity index (χ4n) is 5.24. The number of fused-ring (bicyclic) bond motifs is 1. The van der Waals surface area contributed by atoms with Gasteiger partial charge in [0.15, 0.2) is 28.4 Å². The highest BCUT2D eigenvalue weighted by atomic mass is 16.5. The van der Waals surface area contributed by atoms with Gasteiger partial charge < -0.3 is 38.7 Å². The van der Waals surface area contributed by atoms with Crippen LogP contribution in [0.1, 0.15) is 29.0 Å². The summed E-state index contributed by atoms with van der Waals surface area (Å²) < 4.78 is 28.3. The molecule has 232 valence electrons. The van der Waals surface area contributed by atoms with Gasteiger partial charge in [-0.25, -0.2) is 0 Å². The number of hydrogen-bond donors (Lipinski definition) is 3. The molecule has 1 aromatic heterocycles. The molecule has 1 atom stereocenters. The van der Waals surface area contributed by atoms with Crippen molar-refractivity contribution in [1.29, 1.82) is 0 Å². The van der Waals surface area contributed by atoms with Gasteiger partial charge in [-0.3, -0.25) is 9.59 Å². The van der Waals surface area contributed by atoms with E-state index in [-0.39, 0.29) is 41.1 Å². The summed E-state index contributed by atoms with van der Waals surface area (Å²) in [6, 6.07) is 22.5. The molecule has 10 nitrogen and oxygen atoms in total. The van der Waals surface area contributed by atoms with Crippen molar-refractivity contribution < 1.29 is 43.5 Å². The van der Waals surface area contributed by atoms with Gasteiger partial charge in [-0.1, -0.05) is 54.6 Å². The van der Waals surface area contributed by atoms with E-state index in [1.54, 1.807) is 55.6 Å². The SMILES string of the molecule is COC(=O)C[C@@H](c1cccc(OC)c1OCCc1ccc(OC)cc1)c1c(O)c(O)c(O)c2c(=O)cc(-c3ccccc3)oc12.